The summed E-state index contributed by atoms with van der Waals surface area (Å²) < 4.78 is 5.34. The molecule has 1 amide bonds. The monoisotopic (exact) mass is 514 g/mol. The number of carbonyl (C=O) groups excluding carboxylic acids is 2. The molecule has 4 N–H and O–H groups in total. The van der Waals surface area contributed by atoms with Gasteiger partial charge in [-0.05, 0) is 72.7 Å². The number of carbonyl (C=O) groups is 2. The molecule has 1 heterocycles. The molecule has 3 aromatic rings. The van der Waals surface area contributed by atoms with Gasteiger partial charge in [-0.2, -0.15) is 0 Å². The van der Waals surface area contributed by atoms with Gasteiger partial charge in [0.1, 0.15) is 0 Å². The molecule has 0 spiro atoms. The van der Waals surface area contributed by atoms with E-state index in [4.69, 9.17) is 16.3 Å². The first-order chi connectivity index (χ1) is 18.2. The Kier molecular flexibility index (Phi) is 8.37. The number of nitrogens with zero attached hydrogens (tertiary/aromatic N) is 2. The van der Waals surface area contributed by atoms with Crippen LogP contribution in [0, 0.1) is 6.92 Å². The molecule has 0 saturated heterocycles. The lowest BCUT2D eigenvalue weighted by Crippen LogP contribution is -2.37. The number of esters is 1. The van der Waals surface area contributed by atoms with Gasteiger partial charge in [-0.25, -0.2) is 5.84 Å². The zero-order valence-corrected chi connectivity index (χ0v) is 22.7. The molecule has 0 saturated carbocycles. The first kappa shape index (κ1) is 27.2. The number of hydrogen-bond acceptors (Lipinski definition) is 6. The number of anilines is 2. The Morgan fingerprint density at radius 1 is 1.11 bits per heavy atom. The molecule has 1 aliphatic heterocycles. The van der Waals surface area contributed by atoms with E-state index in [1.807, 2.05) is 68.1 Å². The summed E-state index contributed by atoms with van der Waals surface area (Å²) in [5, 5.41) is 1.62. The summed E-state index contributed by atoms with van der Waals surface area (Å²) in [5.74, 6) is 5.85. The van der Waals surface area contributed by atoms with Crippen LogP contribution in [0.15, 0.2) is 60.7 Å². The van der Waals surface area contributed by atoms with Crippen LogP contribution in [-0.4, -0.2) is 36.5 Å². The average Bonchev–Trinajstić information content (AvgIpc) is 2.93. The molecular weight excluding hydrogens is 476 g/mol. The summed E-state index contributed by atoms with van der Waals surface area (Å²) in [7, 11) is 0. The molecule has 200 valence electrons. The van der Waals surface area contributed by atoms with Crippen molar-refractivity contribution in [2.24, 2.45) is 5.84 Å². The van der Waals surface area contributed by atoms with E-state index >= 15 is 0 Å². The Bertz CT molecular complexity index is 1310. The fourth-order valence-electron chi connectivity index (χ4n) is 5.40. The SMILES string of the molecule is CCOC(=O)CC(c1ccc2c(c1)CN(C(=O)c1ccccc1)CC2C)c1ccc(N(N)CC)c(N)c1C. The second kappa shape index (κ2) is 11.7. The maximum atomic E-state index is 13.2. The van der Waals surface area contributed by atoms with Gasteiger partial charge < -0.3 is 20.4 Å². The Labute approximate surface area is 225 Å². The highest BCUT2D eigenvalue weighted by atomic mass is 16.5. The summed E-state index contributed by atoms with van der Waals surface area (Å²) in [4.78, 5) is 27.9. The summed E-state index contributed by atoms with van der Waals surface area (Å²) in [5.41, 5.74) is 13.8. The van der Waals surface area contributed by atoms with Crippen LogP contribution in [0.3, 0.4) is 0 Å². The maximum Gasteiger partial charge on any atom is 0.306 e. The standard InChI is InChI=1S/C31H38N4O3/c1-5-35(33)28-15-14-26(21(4)30(28)32)27(17-29(36)38-6-2)23-12-13-25-20(3)18-34(19-24(25)16-23)31(37)22-10-8-7-9-11-22/h7-16,20,27H,5-6,17-19,32-33H2,1-4H3. The predicted octanol–water partition coefficient (Wildman–Crippen LogP) is 5.12. The van der Waals surface area contributed by atoms with Crippen molar-refractivity contribution < 1.29 is 14.3 Å². The number of hydrazine groups is 1. The van der Waals surface area contributed by atoms with E-state index in [9.17, 15) is 9.59 Å². The van der Waals surface area contributed by atoms with Gasteiger partial charge in [0.25, 0.3) is 5.91 Å². The first-order valence-corrected chi connectivity index (χ1v) is 13.3. The predicted molar refractivity (Wildman–Crippen MR) is 152 cm³/mol. The molecule has 2 unspecified atom stereocenters. The molecular formula is C31H38N4O3. The number of fused-ring (bicyclic) bond motifs is 1. The fraction of sp³-hybridized carbons (Fsp3) is 0.355. The molecule has 0 aliphatic carbocycles. The minimum absolute atomic E-state index is 0.0260. The van der Waals surface area contributed by atoms with E-state index in [-0.39, 0.29) is 30.1 Å². The zero-order valence-electron chi connectivity index (χ0n) is 22.7. The average molecular weight is 515 g/mol. The highest BCUT2D eigenvalue weighted by molar-refractivity contribution is 5.94. The van der Waals surface area contributed by atoms with Crippen LogP contribution in [0.5, 0.6) is 0 Å². The molecule has 4 rings (SSSR count). The lowest BCUT2D eigenvalue weighted by atomic mass is 9.82. The molecule has 0 radical (unpaired) electrons. The molecule has 1 aliphatic rings. The molecule has 2 atom stereocenters. The molecule has 0 aromatic heterocycles. The largest absolute Gasteiger partial charge is 0.466 e. The Morgan fingerprint density at radius 2 is 1.84 bits per heavy atom. The van der Waals surface area contributed by atoms with Crippen LogP contribution in [-0.2, 0) is 16.1 Å². The van der Waals surface area contributed by atoms with Crippen molar-refractivity contribution in [2.75, 3.05) is 30.4 Å². The van der Waals surface area contributed by atoms with Crippen molar-refractivity contribution in [1.29, 1.82) is 0 Å². The summed E-state index contributed by atoms with van der Waals surface area (Å²) in [6.45, 7) is 10.0. The van der Waals surface area contributed by atoms with Crippen molar-refractivity contribution >= 4 is 23.3 Å². The Morgan fingerprint density at radius 3 is 2.53 bits per heavy atom. The van der Waals surface area contributed by atoms with Gasteiger partial charge in [0, 0.05) is 31.1 Å². The number of ether oxygens (including phenoxy) is 1. The molecule has 38 heavy (non-hydrogen) atoms. The summed E-state index contributed by atoms with van der Waals surface area (Å²) in [6.07, 6.45) is 0.189. The lowest BCUT2D eigenvalue weighted by molar-refractivity contribution is -0.143. The Balaban J connectivity index is 1.73. The smallest absolute Gasteiger partial charge is 0.306 e. The summed E-state index contributed by atoms with van der Waals surface area (Å²) >= 11 is 0. The van der Waals surface area contributed by atoms with Crippen molar-refractivity contribution in [3.8, 4) is 0 Å². The molecule has 0 fully saturated rings. The lowest BCUT2D eigenvalue weighted by Gasteiger charge is -2.34. The van der Waals surface area contributed by atoms with Gasteiger partial charge >= 0.3 is 5.97 Å². The minimum atomic E-state index is -0.263. The van der Waals surface area contributed by atoms with Crippen LogP contribution in [0.2, 0.25) is 0 Å². The molecule has 0 bridgehead atoms. The number of rotatable bonds is 8. The van der Waals surface area contributed by atoms with Gasteiger partial charge in [-0.15, -0.1) is 0 Å². The van der Waals surface area contributed by atoms with E-state index in [0.29, 0.717) is 37.5 Å². The number of amides is 1. The highest BCUT2D eigenvalue weighted by Crippen LogP contribution is 2.39. The van der Waals surface area contributed by atoms with Gasteiger partial charge in [0.15, 0.2) is 0 Å². The third kappa shape index (κ3) is 5.53. The quantitative estimate of drug-likeness (QED) is 0.187. The van der Waals surface area contributed by atoms with Crippen molar-refractivity contribution in [3.63, 3.8) is 0 Å². The van der Waals surface area contributed by atoms with Gasteiger partial charge in [0.2, 0.25) is 0 Å². The van der Waals surface area contributed by atoms with E-state index in [1.54, 1.807) is 5.01 Å². The van der Waals surface area contributed by atoms with Crippen LogP contribution in [0.1, 0.15) is 77.2 Å². The van der Waals surface area contributed by atoms with Gasteiger partial charge in [0.05, 0.1) is 24.4 Å². The minimum Gasteiger partial charge on any atom is -0.466 e. The van der Waals surface area contributed by atoms with E-state index in [2.05, 4.69) is 25.1 Å². The van der Waals surface area contributed by atoms with E-state index < -0.39 is 0 Å². The summed E-state index contributed by atoms with van der Waals surface area (Å²) in [6, 6.07) is 19.7. The molecule has 7 nitrogen and oxygen atoms in total. The third-order valence-electron chi connectivity index (χ3n) is 7.50. The van der Waals surface area contributed by atoms with Crippen LogP contribution in [0.4, 0.5) is 11.4 Å². The maximum absolute atomic E-state index is 13.2. The molecule has 3 aromatic carbocycles. The van der Waals surface area contributed by atoms with Crippen molar-refractivity contribution in [1.82, 2.24) is 4.90 Å². The van der Waals surface area contributed by atoms with Crippen LogP contribution in [0.25, 0.3) is 0 Å². The van der Waals surface area contributed by atoms with E-state index in [1.165, 1.54) is 5.56 Å². The zero-order chi connectivity index (χ0) is 27.4. The topological polar surface area (TPSA) is 102 Å². The van der Waals surface area contributed by atoms with E-state index in [0.717, 1.165) is 27.9 Å². The third-order valence-corrected chi connectivity index (χ3v) is 7.50. The highest BCUT2D eigenvalue weighted by Gasteiger charge is 2.29. The van der Waals surface area contributed by atoms with Gasteiger partial charge in [-0.1, -0.05) is 49.4 Å². The van der Waals surface area contributed by atoms with Crippen molar-refractivity contribution in [3.05, 3.63) is 94.0 Å². The number of nitrogen functional groups attached to an aromatic ring is 1. The molecule has 7 heteroatoms. The second-order valence-corrected chi connectivity index (χ2v) is 9.97. The van der Waals surface area contributed by atoms with Gasteiger partial charge in [-0.3, -0.25) is 9.59 Å². The van der Waals surface area contributed by atoms with Crippen LogP contribution < -0.4 is 16.6 Å². The van der Waals surface area contributed by atoms with Crippen LogP contribution >= 0.6 is 0 Å². The van der Waals surface area contributed by atoms with Crippen molar-refractivity contribution in [2.45, 2.75) is 52.5 Å². The Hall–Kier alpha value is -3.84. The fourth-order valence-corrected chi connectivity index (χ4v) is 5.40. The first-order valence-electron chi connectivity index (χ1n) is 13.3. The normalized spacial score (nSPS) is 15.5. The second-order valence-electron chi connectivity index (χ2n) is 9.97. The number of nitrogens with two attached hydrogens (primary N) is 2. The number of hydrogen-bond donors (Lipinski definition) is 2. The number of benzene rings is 3.